The molecule has 1 aromatic carbocycles. The Hall–Kier alpha value is -2.80. The first-order valence-corrected chi connectivity index (χ1v) is 10.4. The van der Waals surface area contributed by atoms with Crippen molar-refractivity contribution in [1.82, 2.24) is 14.8 Å². The van der Waals surface area contributed by atoms with E-state index >= 15 is 0 Å². The Balaban J connectivity index is 1.57. The van der Waals surface area contributed by atoms with Gasteiger partial charge in [0.05, 0.1) is 23.4 Å². The third kappa shape index (κ3) is 6.84. The van der Waals surface area contributed by atoms with Crippen molar-refractivity contribution in [3.8, 4) is 0 Å². The summed E-state index contributed by atoms with van der Waals surface area (Å²) in [5.41, 5.74) is -6.08. The third-order valence-corrected chi connectivity index (χ3v) is 5.50. The molecule has 3 rings (SSSR count). The number of alkyl halides is 6. The highest BCUT2D eigenvalue weighted by molar-refractivity contribution is 8.00. The standard InChI is InChI=1S/C20H18F6N4O2S/c21-19(22,23)14-5-1-2-6-15(14)28-16(31)12-29-8-10-30(11-9-29)18(32)13-4-3-7-27-17(13)33-20(24,25)26/h1-7H,8-12H2,(H,28,31). The van der Waals surface area contributed by atoms with Crippen molar-refractivity contribution in [3.63, 3.8) is 0 Å². The van der Waals surface area contributed by atoms with Crippen LogP contribution in [0.15, 0.2) is 47.6 Å². The van der Waals surface area contributed by atoms with E-state index in [1.54, 1.807) is 4.90 Å². The lowest BCUT2D eigenvalue weighted by molar-refractivity contribution is -0.137. The molecule has 0 atom stereocenters. The normalized spacial score (nSPS) is 15.4. The van der Waals surface area contributed by atoms with Crippen LogP contribution in [0.25, 0.3) is 0 Å². The molecule has 2 aromatic rings. The Labute approximate surface area is 188 Å². The molecular weight excluding hydrogens is 474 g/mol. The number of pyridine rings is 1. The zero-order valence-electron chi connectivity index (χ0n) is 16.9. The molecule has 0 unspecified atom stereocenters. The Bertz CT molecular complexity index is 1010. The zero-order valence-corrected chi connectivity index (χ0v) is 17.7. The minimum atomic E-state index is -4.62. The Morgan fingerprint density at radius 2 is 1.64 bits per heavy atom. The number of carbonyl (C=O) groups is 2. The molecule has 13 heteroatoms. The van der Waals surface area contributed by atoms with Crippen LogP contribution in [0.5, 0.6) is 0 Å². The molecule has 0 radical (unpaired) electrons. The first-order chi connectivity index (χ1) is 15.4. The van der Waals surface area contributed by atoms with Crippen LogP contribution in [0.3, 0.4) is 0 Å². The number of hydrogen-bond acceptors (Lipinski definition) is 5. The Kier molecular flexibility index (Phi) is 7.52. The number of thioether (sulfide) groups is 1. The summed E-state index contributed by atoms with van der Waals surface area (Å²) in [6.45, 7) is 0.521. The topological polar surface area (TPSA) is 65.5 Å². The summed E-state index contributed by atoms with van der Waals surface area (Å²) >= 11 is -0.470. The molecule has 1 aliphatic heterocycles. The number of rotatable bonds is 5. The van der Waals surface area contributed by atoms with E-state index in [2.05, 4.69) is 10.3 Å². The second-order valence-electron chi connectivity index (χ2n) is 7.06. The van der Waals surface area contributed by atoms with Gasteiger partial charge in [0.15, 0.2) is 0 Å². The Morgan fingerprint density at radius 3 is 2.27 bits per heavy atom. The van der Waals surface area contributed by atoms with Crippen molar-refractivity contribution in [2.24, 2.45) is 0 Å². The zero-order chi connectivity index (χ0) is 24.2. The summed E-state index contributed by atoms with van der Waals surface area (Å²) in [5.74, 6) is -1.26. The van der Waals surface area contributed by atoms with E-state index < -0.39 is 45.9 Å². The lowest BCUT2D eigenvalue weighted by Gasteiger charge is -2.34. The quantitative estimate of drug-likeness (QED) is 0.503. The van der Waals surface area contributed by atoms with Crippen molar-refractivity contribution in [3.05, 3.63) is 53.7 Å². The molecule has 0 aliphatic carbocycles. The van der Waals surface area contributed by atoms with E-state index in [1.807, 2.05) is 0 Å². The van der Waals surface area contributed by atoms with Crippen molar-refractivity contribution >= 4 is 29.3 Å². The number of halogens is 6. The molecule has 1 aromatic heterocycles. The van der Waals surface area contributed by atoms with E-state index in [4.69, 9.17) is 0 Å². The van der Waals surface area contributed by atoms with Gasteiger partial charge in [-0.05, 0) is 24.3 Å². The molecule has 1 saturated heterocycles. The Morgan fingerprint density at radius 1 is 0.970 bits per heavy atom. The van der Waals surface area contributed by atoms with Crippen molar-refractivity contribution < 1.29 is 35.9 Å². The second kappa shape index (κ2) is 10.00. The van der Waals surface area contributed by atoms with Gasteiger partial charge in [0, 0.05) is 44.1 Å². The molecule has 0 bridgehead atoms. The highest BCUT2D eigenvalue weighted by Crippen LogP contribution is 2.37. The first-order valence-electron chi connectivity index (χ1n) is 9.62. The molecule has 1 N–H and O–H groups in total. The number of hydrogen-bond donors (Lipinski definition) is 1. The largest absolute Gasteiger partial charge is 0.447 e. The predicted molar refractivity (Wildman–Crippen MR) is 109 cm³/mol. The van der Waals surface area contributed by atoms with Crippen molar-refractivity contribution in [1.29, 1.82) is 0 Å². The maximum Gasteiger partial charge on any atom is 0.447 e. The van der Waals surface area contributed by atoms with Crippen LogP contribution in [0.4, 0.5) is 32.0 Å². The average molecular weight is 492 g/mol. The highest BCUT2D eigenvalue weighted by atomic mass is 32.2. The molecule has 1 fully saturated rings. The summed E-state index contributed by atoms with van der Waals surface area (Å²) in [7, 11) is 0. The lowest BCUT2D eigenvalue weighted by atomic mass is 10.1. The van der Waals surface area contributed by atoms with E-state index in [1.165, 1.54) is 35.4 Å². The van der Waals surface area contributed by atoms with Gasteiger partial charge in [-0.25, -0.2) is 4.98 Å². The number of carbonyl (C=O) groups excluding carboxylic acids is 2. The van der Waals surface area contributed by atoms with Gasteiger partial charge in [-0.3, -0.25) is 14.5 Å². The number of nitrogens with one attached hydrogen (secondary N) is 1. The van der Waals surface area contributed by atoms with Crippen LogP contribution in [-0.4, -0.2) is 64.8 Å². The van der Waals surface area contributed by atoms with Gasteiger partial charge in [0.2, 0.25) is 5.91 Å². The second-order valence-corrected chi connectivity index (χ2v) is 8.12. The number of amides is 2. The van der Waals surface area contributed by atoms with Gasteiger partial charge in [-0.15, -0.1) is 0 Å². The maximum absolute atomic E-state index is 13.1. The maximum atomic E-state index is 13.1. The van der Waals surface area contributed by atoms with Crippen LogP contribution < -0.4 is 5.32 Å². The molecule has 33 heavy (non-hydrogen) atoms. The minimum absolute atomic E-state index is 0.135. The van der Waals surface area contributed by atoms with Gasteiger partial charge in [0.25, 0.3) is 5.91 Å². The van der Waals surface area contributed by atoms with Crippen molar-refractivity contribution in [2.45, 2.75) is 16.7 Å². The molecular formula is C20H18F6N4O2S. The van der Waals surface area contributed by atoms with E-state index in [-0.39, 0.29) is 44.0 Å². The number of benzene rings is 1. The number of para-hydroxylation sites is 1. The van der Waals surface area contributed by atoms with Crippen LogP contribution in [0, 0.1) is 0 Å². The summed E-state index contributed by atoms with van der Waals surface area (Å²) in [5, 5.41) is 1.81. The van der Waals surface area contributed by atoms with Crippen LogP contribution >= 0.6 is 11.8 Å². The highest BCUT2D eigenvalue weighted by Gasteiger charge is 2.35. The summed E-state index contributed by atoms with van der Waals surface area (Å²) in [6.07, 6.45) is -3.45. The fourth-order valence-electron chi connectivity index (χ4n) is 3.26. The van der Waals surface area contributed by atoms with Gasteiger partial charge in [-0.1, -0.05) is 12.1 Å². The van der Waals surface area contributed by atoms with Gasteiger partial charge < -0.3 is 10.2 Å². The molecule has 0 saturated carbocycles. The van der Waals surface area contributed by atoms with Crippen LogP contribution in [-0.2, 0) is 11.0 Å². The number of nitrogens with zero attached hydrogens (tertiary/aromatic N) is 3. The van der Waals surface area contributed by atoms with Crippen molar-refractivity contribution in [2.75, 3.05) is 38.0 Å². The first kappa shape index (κ1) is 24.8. The SMILES string of the molecule is O=C(CN1CCN(C(=O)c2cccnc2SC(F)(F)F)CC1)Nc1ccccc1C(F)(F)F. The fourth-order valence-corrected chi connectivity index (χ4v) is 3.85. The van der Waals surface area contributed by atoms with Gasteiger partial charge in [-0.2, -0.15) is 26.3 Å². The monoisotopic (exact) mass is 492 g/mol. The molecule has 178 valence electrons. The average Bonchev–Trinajstić information content (AvgIpc) is 2.72. The molecule has 2 heterocycles. The third-order valence-electron chi connectivity index (χ3n) is 4.75. The minimum Gasteiger partial charge on any atom is -0.336 e. The van der Waals surface area contributed by atoms with Crippen LogP contribution in [0.1, 0.15) is 15.9 Å². The summed E-state index contributed by atoms with van der Waals surface area (Å²) < 4.78 is 77.4. The molecule has 2 amide bonds. The van der Waals surface area contributed by atoms with E-state index in [9.17, 15) is 35.9 Å². The van der Waals surface area contributed by atoms with Gasteiger partial charge in [0.1, 0.15) is 5.03 Å². The molecule has 0 spiro atoms. The van der Waals surface area contributed by atoms with Gasteiger partial charge >= 0.3 is 11.7 Å². The number of aromatic nitrogens is 1. The van der Waals surface area contributed by atoms with Crippen LogP contribution in [0.2, 0.25) is 0 Å². The molecule has 6 nitrogen and oxygen atoms in total. The van der Waals surface area contributed by atoms with E-state index in [0.717, 1.165) is 12.1 Å². The summed E-state index contributed by atoms with van der Waals surface area (Å²) in [6, 6.07) is 7.24. The predicted octanol–water partition coefficient (Wildman–Crippen LogP) is 4.11. The number of piperazine rings is 1. The fraction of sp³-hybridized carbons (Fsp3) is 0.350. The van der Waals surface area contributed by atoms with E-state index in [0.29, 0.717) is 0 Å². The molecule has 1 aliphatic rings. The lowest BCUT2D eigenvalue weighted by Crippen LogP contribution is -2.50. The number of anilines is 1. The smallest absolute Gasteiger partial charge is 0.336 e. The summed E-state index contributed by atoms with van der Waals surface area (Å²) in [4.78, 5) is 31.6.